The molecule has 5 nitrogen and oxygen atoms in total. The van der Waals surface area contributed by atoms with Gasteiger partial charge in [0.25, 0.3) is 0 Å². The fourth-order valence-electron chi connectivity index (χ4n) is 2.62. The number of allylic oxidation sites excluding steroid dienone is 2. The fraction of sp³-hybridized carbons (Fsp3) is 0.529. The molecule has 0 aliphatic carbocycles. The monoisotopic (exact) mass is 304 g/mol. The highest BCUT2D eigenvalue weighted by Crippen LogP contribution is 2.41. The zero-order chi connectivity index (χ0) is 16.4. The number of ether oxygens (including phenoxy) is 1. The number of aliphatic hydroxyl groups is 1. The molecule has 1 saturated heterocycles. The summed E-state index contributed by atoms with van der Waals surface area (Å²) in [6, 6.07) is 3.68. The Hall–Kier alpha value is -1.88. The first-order valence-electron chi connectivity index (χ1n) is 7.51. The molecule has 1 N–H and O–H groups in total. The summed E-state index contributed by atoms with van der Waals surface area (Å²) >= 11 is 0. The Morgan fingerprint density at radius 3 is 2.77 bits per heavy atom. The van der Waals surface area contributed by atoms with Crippen molar-refractivity contribution in [2.24, 2.45) is 0 Å². The topological polar surface area (TPSA) is 62.7 Å². The van der Waals surface area contributed by atoms with E-state index in [2.05, 4.69) is 11.1 Å². The van der Waals surface area contributed by atoms with Crippen LogP contribution < -0.4 is 0 Å². The van der Waals surface area contributed by atoms with Gasteiger partial charge in [-0.3, -0.25) is 9.88 Å². The van der Waals surface area contributed by atoms with Crippen LogP contribution in [0.5, 0.6) is 0 Å². The molecule has 0 aromatic carbocycles. The minimum absolute atomic E-state index is 0.276. The SMILES string of the molecule is CC(C)=CCC[C@@]1(C)OC(=O)N(Cc2cccnc2)[C@]1(C)O. The maximum Gasteiger partial charge on any atom is 0.413 e. The highest BCUT2D eigenvalue weighted by Gasteiger charge is 2.58. The van der Waals surface area contributed by atoms with Crippen molar-refractivity contribution in [3.8, 4) is 0 Å². The Kier molecular flexibility index (Phi) is 4.56. The van der Waals surface area contributed by atoms with E-state index in [-0.39, 0.29) is 6.54 Å². The highest BCUT2D eigenvalue weighted by atomic mass is 16.6. The van der Waals surface area contributed by atoms with Crippen molar-refractivity contribution in [2.75, 3.05) is 0 Å². The first-order valence-corrected chi connectivity index (χ1v) is 7.51. The van der Waals surface area contributed by atoms with Crippen molar-refractivity contribution in [1.82, 2.24) is 9.88 Å². The summed E-state index contributed by atoms with van der Waals surface area (Å²) in [5, 5.41) is 10.9. The predicted molar refractivity (Wildman–Crippen MR) is 84.0 cm³/mol. The summed E-state index contributed by atoms with van der Waals surface area (Å²) in [6.07, 6.45) is 6.27. The Morgan fingerprint density at radius 2 is 2.18 bits per heavy atom. The van der Waals surface area contributed by atoms with E-state index in [0.717, 1.165) is 12.0 Å². The van der Waals surface area contributed by atoms with E-state index >= 15 is 0 Å². The molecule has 1 aromatic heterocycles. The summed E-state index contributed by atoms with van der Waals surface area (Å²) in [7, 11) is 0. The van der Waals surface area contributed by atoms with Gasteiger partial charge >= 0.3 is 6.09 Å². The number of amides is 1. The molecule has 5 heteroatoms. The lowest BCUT2D eigenvalue weighted by atomic mass is 9.88. The third kappa shape index (κ3) is 3.14. The molecule has 1 amide bonds. The van der Waals surface area contributed by atoms with Gasteiger partial charge in [0.15, 0.2) is 11.3 Å². The van der Waals surface area contributed by atoms with Gasteiger partial charge in [-0.15, -0.1) is 0 Å². The van der Waals surface area contributed by atoms with Gasteiger partial charge in [0.05, 0.1) is 6.54 Å². The lowest BCUT2D eigenvalue weighted by molar-refractivity contribution is -0.141. The minimum atomic E-state index is -1.37. The number of hydrogen-bond acceptors (Lipinski definition) is 4. The minimum Gasteiger partial charge on any atom is -0.438 e. The van der Waals surface area contributed by atoms with Gasteiger partial charge in [0.1, 0.15) is 0 Å². The Bertz CT molecular complexity index is 565. The molecule has 1 aromatic rings. The van der Waals surface area contributed by atoms with E-state index in [9.17, 15) is 9.90 Å². The molecule has 2 heterocycles. The number of cyclic esters (lactones) is 1. The van der Waals surface area contributed by atoms with E-state index in [1.54, 1.807) is 32.3 Å². The molecule has 0 bridgehead atoms. The molecule has 1 aliphatic rings. The van der Waals surface area contributed by atoms with Crippen LogP contribution in [0, 0.1) is 0 Å². The fourth-order valence-corrected chi connectivity index (χ4v) is 2.62. The Labute approximate surface area is 131 Å². The number of carbonyl (C=O) groups is 1. The van der Waals surface area contributed by atoms with Gasteiger partial charge in [0.2, 0.25) is 0 Å². The molecule has 0 unspecified atom stereocenters. The second kappa shape index (κ2) is 6.08. The third-order valence-corrected chi connectivity index (χ3v) is 4.30. The maximum atomic E-state index is 12.2. The predicted octanol–water partition coefficient (Wildman–Crippen LogP) is 3.25. The molecule has 2 atom stereocenters. The number of carbonyl (C=O) groups excluding carboxylic acids is 1. The molecular weight excluding hydrogens is 280 g/mol. The summed E-state index contributed by atoms with van der Waals surface area (Å²) in [6.45, 7) is 7.74. The van der Waals surface area contributed by atoms with Crippen LogP contribution in [0.15, 0.2) is 36.2 Å². The molecule has 1 fully saturated rings. The zero-order valence-corrected chi connectivity index (χ0v) is 13.7. The number of pyridine rings is 1. The third-order valence-electron chi connectivity index (χ3n) is 4.30. The van der Waals surface area contributed by atoms with Crippen LogP contribution >= 0.6 is 0 Å². The summed E-state index contributed by atoms with van der Waals surface area (Å²) in [5.74, 6) is 0. The second-order valence-corrected chi connectivity index (χ2v) is 6.39. The van der Waals surface area contributed by atoms with Crippen LogP contribution in [-0.4, -0.2) is 32.4 Å². The summed E-state index contributed by atoms with van der Waals surface area (Å²) in [4.78, 5) is 17.6. The van der Waals surface area contributed by atoms with Crippen molar-refractivity contribution < 1.29 is 14.6 Å². The standard InChI is InChI=1S/C17H24N2O3/c1-13(2)7-5-9-16(3)17(4,21)19(15(20)22-16)12-14-8-6-10-18-11-14/h6-8,10-11,21H,5,9,12H2,1-4H3/t16-,17-/m1/s1. The van der Waals surface area contributed by atoms with Crippen LogP contribution in [0.3, 0.4) is 0 Å². The first kappa shape index (κ1) is 16.5. The van der Waals surface area contributed by atoms with Gasteiger partial charge in [-0.05, 0) is 52.2 Å². The molecule has 0 radical (unpaired) electrons. The molecule has 1 aliphatic heterocycles. The maximum absolute atomic E-state index is 12.2. The van der Waals surface area contributed by atoms with Crippen LogP contribution in [0.2, 0.25) is 0 Å². The van der Waals surface area contributed by atoms with E-state index in [0.29, 0.717) is 6.42 Å². The molecular formula is C17H24N2O3. The van der Waals surface area contributed by atoms with Gasteiger partial charge in [-0.1, -0.05) is 17.7 Å². The molecule has 0 saturated carbocycles. The normalized spacial score (nSPS) is 27.7. The van der Waals surface area contributed by atoms with Crippen molar-refractivity contribution in [3.63, 3.8) is 0 Å². The van der Waals surface area contributed by atoms with Crippen LogP contribution in [0.25, 0.3) is 0 Å². The van der Waals surface area contributed by atoms with Crippen LogP contribution in [0.1, 0.15) is 46.1 Å². The zero-order valence-electron chi connectivity index (χ0n) is 13.7. The van der Waals surface area contributed by atoms with E-state index < -0.39 is 17.4 Å². The summed E-state index contributed by atoms with van der Waals surface area (Å²) in [5.41, 5.74) is -0.235. The highest BCUT2D eigenvalue weighted by molar-refractivity contribution is 5.72. The lowest BCUT2D eigenvalue weighted by Gasteiger charge is -2.37. The smallest absolute Gasteiger partial charge is 0.413 e. The van der Waals surface area contributed by atoms with Crippen molar-refractivity contribution >= 4 is 6.09 Å². The molecule has 0 spiro atoms. The number of hydrogen-bond donors (Lipinski definition) is 1. The average Bonchev–Trinajstić information content (AvgIpc) is 2.60. The van der Waals surface area contributed by atoms with E-state index in [4.69, 9.17) is 4.74 Å². The lowest BCUT2D eigenvalue weighted by Crippen LogP contribution is -2.54. The molecule has 2 rings (SSSR count). The van der Waals surface area contributed by atoms with Crippen molar-refractivity contribution in [3.05, 3.63) is 41.7 Å². The average molecular weight is 304 g/mol. The van der Waals surface area contributed by atoms with Gasteiger partial charge in [-0.25, -0.2) is 4.79 Å². The van der Waals surface area contributed by atoms with Crippen LogP contribution in [-0.2, 0) is 11.3 Å². The van der Waals surface area contributed by atoms with Crippen molar-refractivity contribution in [2.45, 2.75) is 58.4 Å². The first-order chi connectivity index (χ1) is 10.3. The van der Waals surface area contributed by atoms with Gasteiger partial charge in [0, 0.05) is 12.4 Å². The van der Waals surface area contributed by atoms with E-state index in [1.165, 1.54) is 10.5 Å². The number of rotatable bonds is 5. The quantitative estimate of drug-likeness (QED) is 0.848. The summed E-state index contributed by atoms with van der Waals surface area (Å²) < 4.78 is 5.52. The molecule has 120 valence electrons. The number of aromatic nitrogens is 1. The van der Waals surface area contributed by atoms with Crippen LogP contribution in [0.4, 0.5) is 4.79 Å². The van der Waals surface area contributed by atoms with Gasteiger partial charge in [-0.2, -0.15) is 0 Å². The Balaban J connectivity index is 2.16. The largest absolute Gasteiger partial charge is 0.438 e. The second-order valence-electron chi connectivity index (χ2n) is 6.39. The molecule has 22 heavy (non-hydrogen) atoms. The van der Waals surface area contributed by atoms with Gasteiger partial charge < -0.3 is 9.84 Å². The van der Waals surface area contributed by atoms with E-state index in [1.807, 2.05) is 19.9 Å². The van der Waals surface area contributed by atoms with Crippen molar-refractivity contribution in [1.29, 1.82) is 0 Å². The Morgan fingerprint density at radius 1 is 1.45 bits per heavy atom. The number of nitrogens with zero attached hydrogens (tertiary/aromatic N) is 2.